The molecule has 0 aliphatic rings. The average Bonchev–Trinajstić information content (AvgIpc) is 2.67. The summed E-state index contributed by atoms with van der Waals surface area (Å²) in [6, 6.07) is 0. The molecule has 17 heavy (non-hydrogen) atoms. The Kier molecular flexibility index (Phi) is 3.36. The zero-order valence-corrected chi connectivity index (χ0v) is 9.09. The van der Waals surface area contributed by atoms with E-state index in [4.69, 9.17) is 5.11 Å². The molecule has 2 N–H and O–H groups in total. The third-order valence-corrected chi connectivity index (χ3v) is 2.46. The molecule has 1 rings (SSSR count). The number of rotatable bonds is 3. The van der Waals surface area contributed by atoms with Gasteiger partial charge in [-0.15, -0.1) is 5.10 Å². The van der Waals surface area contributed by atoms with Gasteiger partial charge in [-0.25, -0.2) is 4.79 Å². The third kappa shape index (κ3) is 2.52. The summed E-state index contributed by atoms with van der Waals surface area (Å²) in [4.78, 5) is 21.9. The molecule has 1 aromatic rings. The summed E-state index contributed by atoms with van der Waals surface area (Å²) in [5.74, 6) is -3.46. The second kappa shape index (κ2) is 4.28. The molecule has 0 saturated heterocycles. The Labute approximate surface area is 96.6 Å². The zero-order valence-electron chi connectivity index (χ0n) is 8.28. The number of nitrogens with zero attached hydrogens (tertiary/aromatic N) is 2. The number of nitrogens with one attached hydrogen (secondary N) is 1. The van der Waals surface area contributed by atoms with Gasteiger partial charge in [-0.05, 0) is 18.5 Å². The van der Waals surface area contributed by atoms with Gasteiger partial charge < -0.3 is 10.4 Å². The number of hydrogen-bond acceptors (Lipinski definition) is 5. The molecular formula is C7H6F3N3O3S. The van der Waals surface area contributed by atoms with E-state index in [-0.39, 0.29) is 5.69 Å². The van der Waals surface area contributed by atoms with Gasteiger partial charge >= 0.3 is 12.1 Å². The molecule has 0 aliphatic heterocycles. The van der Waals surface area contributed by atoms with E-state index in [0.717, 1.165) is 16.9 Å². The van der Waals surface area contributed by atoms with Crippen LogP contribution in [0.4, 0.5) is 13.2 Å². The zero-order chi connectivity index (χ0) is 13.3. The van der Waals surface area contributed by atoms with Crippen LogP contribution < -0.4 is 5.32 Å². The van der Waals surface area contributed by atoms with Crippen molar-refractivity contribution in [3.05, 3.63) is 11.1 Å². The quantitative estimate of drug-likeness (QED) is 0.841. The van der Waals surface area contributed by atoms with Crippen molar-refractivity contribution in [3.63, 3.8) is 0 Å². The van der Waals surface area contributed by atoms with Crippen molar-refractivity contribution in [2.24, 2.45) is 0 Å². The van der Waals surface area contributed by atoms with E-state index in [9.17, 15) is 22.8 Å². The van der Waals surface area contributed by atoms with Gasteiger partial charge in [-0.2, -0.15) is 13.2 Å². The molecule has 0 fully saturated rings. The fourth-order valence-electron chi connectivity index (χ4n) is 0.800. The van der Waals surface area contributed by atoms with Crippen LogP contribution in [-0.4, -0.2) is 38.3 Å². The molecule has 94 valence electrons. The number of amides is 1. The average molecular weight is 269 g/mol. The fraction of sp³-hybridized carbons (Fsp3) is 0.429. The maximum absolute atomic E-state index is 12.5. The third-order valence-electron chi connectivity index (χ3n) is 1.95. The maximum atomic E-state index is 12.5. The van der Waals surface area contributed by atoms with Crippen LogP contribution in [-0.2, 0) is 4.79 Å². The Hall–Kier alpha value is -1.71. The first-order valence-corrected chi connectivity index (χ1v) is 4.92. The molecule has 1 heterocycles. The van der Waals surface area contributed by atoms with Crippen molar-refractivity contribution >= 4 is 23.4 Å². The number of halogens is 3. The van der Waals surface area contributed by atoms with Gasteiger partial charge in [-0.3, -0.25) is 4.79 Å². The lowest BCUT2D eigenvalue weighted by Crippen LogP contribution is -2.61. The number of carbonyl (C=O) groups excluding carboxylic acids is 1. The summed E-state index contributed by atoms with van der Waals surface area (Å²) >= 11 is 0.759. The number of alkyl halides is 3. The van der Waals surface area contributed by atoms with E-state index in [1.54, 1.807) is 0 Å². The second-order valence-electron chi connectivity index (χ2n) is 3.17. The molecule has 0 saturated carbocycles. The van der Waals surface area contributed by atoms with Crippen molar-refractivity contribution in [2.45, 2.75) is 18.6 Å². The summed E-state index contributed by atoms with van der Waals surface area (Å²) in [6.07, 6.45) is -5.13. The van der Waals surface area contributed by atoms with Crippen molar-refractivity contribution in [1.29, 1.82) is 0 Å². The summed E-state index contributed by atoms with van der Waals surface area (Å²) in [7, 11) is 0. The molecule has 6 nitrogen and oxygen atoms in total. The van der Waals surface area contributed by atoms with E-state index in [2.05, 4.69) is 9.59 Å². The van der Waals surface area contributed by atoms with E-state index in [1.165, 1.54) is 5.32 Å². The van der Waals surface area contributed by atoms with Crippen molar-refractivity contribution in [2.75, 3.05) is 0 Å². The molecule has 1 unspecified atom stereocenters. The van der Waals surface area contributed by atoms with Crippen molar-refractivity contribution < 1.29 is 27.9 Å². The molecule has 1 atom stereocenters. The van der Waals surface area contributed by atoms with Gasteiger partial charge in [0.15, 0.2) is 5.69 Å². The molecule has 0 bridgehead atoms. The van der Waals surface area contributed by atoms with E-state index in [0.29, 0.717) is 6.92 Å². The number of carbonyl (C=O) groups is 2. The van der Waals surface area contributed by atoms with Gasteiger partial charge in [0, 0.05) is 5.38 Å². The Balaban J connectivity index is 2.97. The fourth-order valence-corrected chi connectivity index (χ4v) is 1.24. The van der Waals surface area contributed by atoms with Gasteiger partial charge in [0.2, 0.25) is 5.54 Å². The predicted octanol–water partition coefficient (Wildman–Crippen LogP) is 0.673. The SMILES string of the molecule is CC(NC(=O)c1csnn1)(C(=O)O)C(F)(F)F. The van der Waals surface area contributed by atoms with Crippen LogP contribution in [0.15, 0.2) is 5.38 Å². The summed E-state index contributed by atoms with van der Waals surface area (Å²) in [5, 5.41) is 14.3. The smallest absolute Gasteiger partial charge is 0.422 e. The number of carboxylic acid groups (broad SMARTS) is 1. The van der Waals surface area contributed by atoms with Crippen molar-refractivity contribution in [1.82, 2.24) is 14.9 Å². The molecule has 0 aliphatic carbocycles. The largest absolute Gasteiger partial charge is 0.479 e. The highest BCUT2D eigenvalue weighted by molar-refractivity contribution is 7.03. The first-order chi connectivity index (χ1) is 7.68. The normalized spacial score (nSPS) is 15.1. The highest BCUT2D eigenvalue weighted by Gasteiger charge is 2.58. The second-order valence-corrected chi connectivity index (χ2v) is 3.78. The molecular weight excluding hydrogens is 263 g/mol. The van der Waals surface area contributed by atoms with Crippen LogP contribution in [0.2, 0.25) is 0 Å². The van der Waals surface area contributed by atoms with Gasteiger partial charge in [0.25, 0.3) is 5.91 Å². The number of carboxylic acids is 1. The minimum Gasteiger partial charge on any atom is -0.479 e. The minimum atomic E-state index is -5.13. The number of aromatic nitrogens is 2. The lowest BCUT2D eigenvalue weighted by atomic mass is 10.0. The number of aliphatic carboxylic acids is 1. The molecule has 1 aromatic heterocycles. The monoisotopic (exact) mass is 269 g/mol. The summed E-state index contributed by atoms with van der Waals surface area (Å²) < 4.78 is 40.9. The van der Waals surface area contributed by atoms with Crippen LogP contribution in [0, 0.1) is 0 Å². The van der Waals surface area contributed by atoms with E-state index < -0.39 is 23.6 Å². The number of hydrogen-bond donors (Lipinski definition) is 2. The minimum absolute atomic E-state index is 0.354. The maximum Gasteiger partial charge on any atom is 0.422 e. The molecule has 10 heteroatoms. The van der Waals surface area contributed by atoms with Crippen LogP contribution >= 0.6 is 11.5 Å². The standard InChI is InChI=1S/C7H6F3N3O3S/c1-6(5(15)16,7(8,9)10)11-4(14)3-2-17-13-12-3/h2H,1H3,(H,11,14)(H,15,16). The van der Waals surface area contributed by atoms with E-state index >= 15 is 0 Å². The topological polar surface area (TPSA) is 92.2 Å². The Bertz CT molecular complexity index is 433. The molecule has 1 amide bonds. The van der Waals surface area contributed by atoms with Gasteiger partial charge in [0.1, 0.15) is 0 Å². The van der Waals surface area contributed by atoms with Crippen LogP contribution in [0.1, 0.15) is 17.4 Å². The molecule has 0 radical (unpaired) electrons. The van der Waals surface area contributed by atoms with Crippen molar-refractivity contribution in [3.8, 4) is 0 Å². The first-order valence-electron chi connectivity index (χ1n) is 4.08. The Morgan fingerprint density at radius 3 is 2.41 bits per heavy atom. The summed E-state index contributed by atoms with van der Waals surface area (Å²) in [5.41, 5.74) is -3.74. The first kappa shape index (κ1) is 13.4. The lowest BCUT2D eigenvalue weighted by Gasteiger charge is -2.28. The highest BCUT2D eigenvalue weighted by Crippen LogP contribution is 2.30. The van der Waals surface area contributed by atoms with Crippen LogP contribution in [0.5, 0.6) is 0 Å². The predicted molar refractivity (Wildman–Crippen MR) is 49.5 cm³/mol. The molecule has 0 aromatic carbocycles. The lowest BCUT2D eigenvalue weighted by molar-refractivity contribution is -0.203. The van der Waals surface area contributed by atoms with Crippen LogP contribution in [0.25, 0.3) is 0 Å². The Morgan fingerprint density at radius 1 is 1.47 bits per heavy atom. The van der Waals surface area contributed by atoms with E-state index in [1.807, 2.05) is 0 Å². The molecule has 0 spiro atoms. The van der Waals surface area contributed by atoms with Gasteiger partial charge in [-0.1, -0.05) is 4.49 Å². The summed E-state index contributed by atoms with van der Waals surface area (Å²) in [6.45, 7) is 0.354. The van der Waals surface area contributed by atoms with Crippen LogP contribution in [0.3, 0.4) is 0 Å². The Morgan fingerprint density at radius 2 is 2.06 bits per heavy atom. The van der Waals surface area contributed by atoms with Gasteiger partial charge in [0.05, 0.1) is 0 Å². The highest BCUT2D eigenvalue weighted by atomic mass is 32.1.